The Balaban J connectivity index is 2.29. The van der Waals surface area contributed by atoms with E-state index in [9.17, 15) is 0 Å². The van der Waals surface area contributed by atoms with Crippen LogP contribution < -0.4 is 0 Å². The predicted octanol–water partition coefficient (Wildman–Crippen LogP) is 1.56. The van der Waals surface area contributed by atoms with Crippen molar-refractivity contribution in [3.63, 3.8) is 0 Å². The molecule has 12 heavy (non-hydrogen) atoms. The van der Waals surface area contributed by atoms with E-state index in [0.717, 1.165) is 0 Å². The maximum Gasteiger partial charge on any atom is 0.206 e. The molecule has 1 saturated heterocycles. The molecule has 1 heterocycles. The molecule has 0 bridgehead atoms. The number of hydrogen-bond acceptors (Lipinski definition) is 3. The summed E-state index contributed by atoms with van der Waals surface area (Å²) < 4.78 is 10.9. The molecule has 2 atom stereocenters. The van der Waals surface area contributed by atoms with Gasteiger partial charge in [0.15, 0.2) is 6.23 Å². The molecule has 0 aliphatic carbocycles. The van der Waals surface area contributed by atoms with Crippen LogP contribution in [0, 0.1) is 0 Å². The molecule has 0 saturated carbocycles. The van der Waals surface area contributed by atoms with Gasteiger partial charge in [-0.1, -0.05) is 6.58 Å². The number of ether oxygens (including phenoxy) is 2. The van der Waals surface area contributed by atoms with Gasteiger partial charge in [-0.05, 0) is 27.0 Å². The standard InChI is InChI=1S/C9H17NO2/c1-6-10(5)7-8(11-7)12-9(2,3)4/h6-8H,1H2,2-5H3. The van der Waals surface area contributed by atoms with Crippen molar-refractivity contribution in [3.05, 3.63) is 12.8 Å². The highest BCUT2D eigenvalue weighted by Crippen LogP contribution is 2.29. The number of hydrogen-bond donors (Lipinski definition) is 0. The fraction of sp³-hybridized carbons (Fsp3) is 0.778. The van der Waals surface area contributed by atoms with E-state index in [1.165, 1.54) is 0 Å². The number of epoxide rings is 1. The van der Waals surface area contributed by atoms with Crippen molar-refractivity contribution in [1.29, 1.82) is 0 Å². The van der Waals surface area contributed by atoms with Gasteiger partial charge in [-0.3, -0.25) is 0 Å². The van der Waals surface area contributed by atoms with Crippen molar-refractivity contribution in [2.24, 2.45) is 0 Å². The minimum Gasteiger partial charge on any atom is -0.352 e. The van der Waals surface area contributed by atoms with Crippen molar-refractivity contribution in [3.8, 4) is 0 Å². The van der Waals surface area contributed by atoms with Gasteiger partial charge < -0.3 is 14.4 Å². The molecule has 2 unspecified atom stereocenters. The van der Waals surface area contributed by atoms with E-state index in [2.05, 4.69) is 6.58 Å². The van der Waals surface area contributed by atoms with Gasteiger partial charge in [0.05, 0.1) is 5.60 Å². The SMILES string of the molecule is C=CN(C)C1OC1OC(C)(C)C. The normalized spacial score (nSPS) is 28.3. The summed E-state index contributed by atoms with van der Waals surface area (Å²) in [6.45, 7) is 9.68. The molecule has 0 aromatic carbocycles. The lowest BCUT2D eigenvalue weighted by atomic mass is 10.2. The first kappa shape index (κ1) is 9.55. The van der Waals surface area contributed by atoms with Crippen LogP contribution in [0.2, 0.25) is 0 Å². The minimum atomic E-state index is -0.137. The van der Waals surface area contributed by atoms with Gasteiger partial charge in [-0.2, -0.15) is 0 Å². The zero-order valence-electron chi connectivity index (χ0n) is 8.20. The van der Waals surface area contributed by atoms with E-state index in [4.69, 9.17) is 9.47 Å². The largest absolute Gasteiger partial charge is 0.352 e. The van der Waals surface area contributed by atoms with Gasteiger partial charge in [-0.25, -0.2) is 0 Å². The number of likely N-dealkylation sites (N-methyl/N-ethyl adjacent to an activating group) is 1. The Labute approximate surface area is 74.0 Å². The van der Waals surface area contributed by atoms with Crippen LogP contribution in [0.4, 0.5) is 0 Å². The second-order valence-electron chi connectivity index (χ2n) is 3.97. The third-order valence-electron chi connectivity index (χ3n) is 1.59. The van der Waals surface area contributed by atoms with E-state index in [1.807, 2.05) is 32.7 Å². The van der Waals surface area contributed by atoms with Gasteiger partial charge in [0.1, 0.15) is 0 Å². The Hall–Kier alpha value is -0.540. The first-order valence-corrected chi connectivity index (χ1v) is 4.12. The van der Waals surface area contributed by atoms with Crippen molar-refractivity contribution in [2.45, 2.75) is 38.9 Å². The summed E-state index contributed by atoms with van der Waals surface area (Å²) in [6, 6.07) is 0. The third-order valence-corrected chi connectivity index (χ3v) is 1.59. The lowest BCUT2D eigenvalue weighted by Gasteiger charge is -2.18. The molecule has 0 aromatic heterocycles. The topological polar surface area (TPSA) is 25.0 Å². The highest BCUT2D eigenvalue weighted by molar-refractivity contribution is 4.83. The van der Waals surface area contributed by atoms with Crippen LogP contribution in [0.25, 0.3) is 0 Å². The summed E-state index contributed by atoms with van der Waals surface area (Å²) in [6.07, 6.45) is 1.70. The summed E-state index contributed by atoms with van der Waals surface area (Å²) in [5, 5.41) is 0. The molecular weight excluding hydrogens is 154 g/mol. The average Bonchev–Trinajstić information content (AvgIpc) is 2.62. The molecule has 1 rings (SSSR count). The van der Waals surface area contributed by atoms with E-state index >= 15 is 0 Å². The van der Waals surface area contributed by atoms with E-state index in [0.29, 0.717) is 0 Å². The van der Waals surface area contributed by atoms with E-state index in [1.54, 1.807) is 6.20 Å². The molecule has 3 heteroatoms. The van der Waals surface area contributed by atoms with Crippen LogP contribution in [0.15, 0.2) is 12.8 Å². The van der Waals surface area contributed by atoms with Gasteiger partial charge in [-0.15, -0.1) is 0 Å². The second kappa shape index (κ2) is 3.07. The third kappa shape index (κ3) is 2.50. The van der Waals surface area contributed by atoms with E-state index < -0.39 is 0 Å². The maximum atomic E-state index is 5.57. The number of rotatable bonds is 3. The first-order chi connectivity index (χ1) is 5.44. The quantitative estimate of drug-likeness (QED) is 0.602. The summed E-state index contributed by atoms with van der Waals surface area (Å²) in [7, 11) is 1.92. The first-order valence-electron chi connectivity index (χ1n) is 4.12. The Morgan fingerprint density at radius 3 is 2.50 bits per heavy atom. The van der Waals surface area contributed by atoms with Crippen molar-refractivity contribution < 1.29 is 9.47 Å². The van der Waals surface area contributed by atoms with Crippen LogP contribution >= 0.6 is 0 Å². The van der Waals surface area contributed by atoms with Crippen LogP contribution in [0.5, 0.6) is 0 Å². The second-order valence-corrected chi connectivity index (χ2v) is 3.97. The molecule has 1 aliphatic heterocycles. The molecule has 3 nitrogen and oxygen atoms in total. The van der Waals surface area contributed by atoms with Crippen LogP contribution in [0.3, 0.4) is 0 Å². The number of nitrogens with zero attached hydrogens (tertiary/aromatic N) is 1. The zero-order valence-corrected chi connectivity index (χ0v) is 8.20. The predicted molar refractivity (Wildman–Crippen MR) is 47.5 cm³/mol. The van der Waals surface area contributed by atoms with Crippen molar-refractivity contribution >= 4 is 0 Å². The zero-order chi connectivity index (χ0) is 9.35. The summed E-state index contributed by atoms with van der Waals surface area (Å²) in [4.78, 5) is 1.90. The Morgan fingerprint density at radius 1 is 1.50 bits per heavy atom. The van der Waals surface area contributed by atoms with Gasteiger partial charge in [0.25, 0.3) is 0 Å². The smallest absolute Gasteiger partial charge is 0.206 e. The lowest BCUT2D eigenvalue weighted by molar-refractivity contribution is -0.0574. The van der Waals surface area contributed by atoms with Crippen molar-refractivity contribution in [2.75, 3.05) is 7.05 Å². The molecule has 1 aliphatic rings. The summed E-state index contributed by atoms with van der Waals surface area (Å²) >= 11 is 0. The minimum absolute atomic E-state index is 0.0572. The maximum absolute atomic E-state index is 5.57. The molecule has 0 amide bonds. The average molecular weight is 171 g/mol. The fourth-order valence-corrected chi connectivity index (χ4v) is 0.918. The molecular formula is C9H17NO2. The fourth-order valence-electron chi connectivity index (χ4n) is 0.918. The highest BCUT2D eigenvalue weighted by Gasteiger charge is 2.44. The molecule has 0 spiro atoms. The highest BCUT2D eigenvalue weighted by atomic mass is 16.8. The Morgan fingerprint density at radius 2 is 2.08 bits per heavy atom. The van der Waals surface area contributed by atoms with Gasteiger partial charge in [0.2, 0.25) is 6.29 Å². The summed E-state index contributed by atoms with van der Waals surface area (Å²) in [5.74, 6) is 0. The molecule has 70 valence electrons. The van der Waals surface area contributed by atoms with Gasteiger partial charge >= 0.3 is 0 Å². The van der Waals surface area contributed by atoms with Gasteiger partial charge in [0, 0.05) is 7.05 Å². The molecule has 0 aromatic rings. The van der Waals surface area contributed by atoms with Crippen LogP contribution in [-0.2, 0) is 9.47 Å². The summed E-state index contributed by atoms with van der Waals surface area (Å²) in [5.41, 5.74) is -0.137. The Bertz CT molecular complexity index is 174. The monoisotopic (exact) mass is 171 g/mol. The van der Waals surface area contributed by atoms with Crippen molar-refractivity contribution in [1.82, 2.24) is 4.90 Å². The molecule has 1 fully saturated rings. The Kier molecular flexibility index (Phi) is 2.44. The molecule has 0 radical (unpaired) electrons. The lowest BCUT2D eigenvalue weighted by Crippen LogP contribution is -2.25. The van der Waals surface area contributed by atoms with E-state index in [-0.39, 0.29) is 18.1 Å². The van der Waals surface area contributed by atoms with Crippen LogP contribution in [-0.4, -0.2) is 30.1 Å². The van der Waals surface area contributed by atoms with Crippen LogP contribution in [0.1, 0.15) is 20.8 Å². The molecule has 0 N–H and O–H groups in total.